The van der Waals surface area contributed by atoms with Crippen LogP contribution >= 0.6 is 0 Å². The van der Waals surface area contributed by atoms with Crippen LogP contribution in [-0.4, -0.2) is 11.2 Å². The van der Waals surface area contributed by atoms with Crippen molar-refractivity contribution in [2.45, 2.75) is 33.2 Å². The molecule has 0 bridgehead atoms. The lowest BCUT2D eigenvalue weighted by Crippen LogP contribution is -2.25. The number of benzene rings is 1. The molecule has 0 aliphatic rings. The molecule has 4 heteroatoms. The first-order valence-corrected chi connectivity index (χ1v) is 7.28. The van der Waals surface area contributed by atoms with Gasteiger partial charge in [-0.1, -0.05) is 6.92 Å². The fourth-order valence-corrected chi connectivity index (χ4v) is 2.26. The van der Waals surface area contributed by atoms with Gasteiger partial charge in [0, 0.05) is 6.04 Å². The SMILES string of the molecule is CCCOc1ccc(-c2ccc(N)c(=O)n2C(C)C)cc1. The van der Waals surface area contributed by atoms with Gasteiger partial charge in [0.25, 0.3) is 5.56 Å². The topological polar surface area (TPSA) is 57.2 Å². The molecule has 2 rings (SSSR count). The first kappa shape index (κ1) is 15.2. The highest BCUT2D eigenvalue weighted by atomic mass is 16.5. The Morgan fingerprint density at radius 3 is 2.38 bits per heavy atom. The maximum Gasteiger partial charge on any atom is 0.274 e. The van der Waals surface area contributed by atoms with Crippen LogP contribution in [0.1, 0.15) is 33.2 Å². The molecule has 0 unspecified atom stereocenters. The van der Waals surface area contributed by atoms with Crippen LogP contribution < -0.4 is 16.0 Å². The summed E-state index contributed by atoms with van der Waals surface area (Å²) in [6.07, 6.45) is 0.979. The second kappa shape index (κ2) is 6.48. The summed E-state index contributed by atoms with van der Waals surface area (Å²) in [7, 11) is 0. The molecule has 1 aromatic heterocycles. The molecule has 21 heavy (non-hydrogen) atoms. The highest BCUT2D eigenvalue weighted by molar-refractivity contribution is 5.62. The lowest BCUT2D eigenvalue weighted by molar-refractivity contribution is 0.317. The third kappa shape index (κ3) is 3.27. The summed E-state index contributed by atoms with van der Waals surface area (Å²) in [6, 6.07) is 11.4. The summed E-state index contributed by atoms with van der Waals surface area (Å²) in [5.41, 5.74) is 7.70. The van der Waals surface area contributed by atoms with Gasteiger partial charge in [0.15, 0.2) is 0 Å². The normalized spacial score (nSPS) is 10.9. The Balaban J connectivity index is 2.42. The van der Waals surface area contributed by atoms with Crippen LogP contribution in [0.15, 0.2) is 41.2 Å². The van der Waals surface area contributed by atoms with Crippen LogP contribution in [0.25, 0.3) is 11.3 Å². The summed E-state index contributed by atoms with van der Waals surface area (Å²) < 4.78 is 7.30. The number of hydrogen-bond donors (Lipinski definition) is 1. The Morgan fingerprint density at radius 1 is 1.14 bits per heavy atom. The molecule has 0 saturated heterocycles. The third-order valence-electron chi connectivity index (χ3n) is 3.29. The van der Waals surface area contributed by atoms with Crippen molar-refractivity contribution in [3.63, 3.8) is 0 Å². The number of aromatic nitrogens is 1. The zero-order valence-corrected chi connectivity index (χ0v) is 12.8. The van der Waals surface area contributed by atoms with E-state index in [-0.39, 0.29) is 17.3 Å². The van der Waals surface area contributed by atoms with Crippen LogP contribution in [0, 0.1) is 0 Å². The minimum Gasteiger partial charge on any atom is -0.494 e. The Kier molecular flexibility index (Phi) is 4.68. The first-order valence-electron chi connectivity index (χ1n) is 7.28. The molecule has 0 fully saturated rings. The van der Waals surface area contributed by atoms with Crippen molar-refractivity contribution in [3.05, 3.63) is 46.8 Å². The molecule has 4 nitrogen and oxygen atoms in total. The summed E-state index contributed by atoms with van der Waals surface area (Å²) in [6.45, 7) is 6.73. The van der Waals surface area contributed by atoms with Crippen molar-refractivity contribution in [1.82, 2.24) is 4.57 Å². The number of pyridine rings is 1. The minimum absolute atomic E-state index is 0.0482. The van der Waals surface area contributed by atoms with E-state index in [9.17, 15) is 4.79 Å². The van der Waals surface area contributed by atoms with Crippen molar-refractivity contribution in [1.29, 1.82) is 0 Å². The number of nitrogens with two attached hydrogens (primary N) is 1. The highest BCUT2D eigenvalue weighted by Crippen LogP contribution is 2.24. The Labute approximate surface area is 125 Å². The van der Waals surface area contributed by atoms with Gasteiger partial charge in [-0.25, -0.2) is 0 Å². The predicted octanol–water partition coefficient (Wildman–Crippen LogP) is 3.47. The zero-order chi connectivity index (χ0) is 15.4. The summed E-state index contributed by atoms with van der Waals surface area (Å²) in [5.74, 6) is 0.842. The monoisotopic (exact) mass is 286 g/mol. The van der Waals surface area contributed by atoms with E-state index >= 15 is 0 Å². The summed E-state index contributed by atoms with van der Waals surface area (Å²) in [4.78, 5) is 12.2. The van der Waals surface area contributed by atoms with E-state index < -0.39 is 0 Å². The third-order valence-corrected chi connectivity index (χ3v) is 3.29. The van der Waals surface area contributed by atoms with Gasteiger partial charge in [-0.05, 0) is 62.2 Å². The molecule has 1 heterocycles. The van der Waals surface area contributed by atoms with Crippen LogP contribution in [0.3, 0.4) is 0 Å². The second-order valence-electron chi connectivity index (χ2n) is 5.32. The van der Waals surface area contributed by atoms with Gasteiger partial charge in [0.05, 0.1) is 18.0 Å². The molecule has 0 saturated carbocycles. The Bertz CT molecular complexity index is 657. The first-order chi connectivity index (χ1) is 10.0. The van der Waals surface area contributed by atoms with Gasteiger partial charge in [0.1, 0.15) is 5.75 Å². The molecule has 0 aliphatic heterocycles. The van der Waals surface area contributed by atoms with Crippen LogP contribution in [0.4, 0.5) is 5.69 Å². The van der Waals surface area contributed by atoms with E-state index in [1.54, 1.807) is 10.6 Å². The van der Waals surface area contributed by atoms with Gasteiger partial charge >= 0.3 is 0 Å². The Hall–Kier alpha value is -2.23. The quantitative estimate of drug-likeness (QED) is 0.915. The van der Waals surface area contributed by atoms with Crippen molar-refractivity contribution in [3.8, 4) is 17.0 Å². The average Bonchev–Trinajstić information content (AvgIpc) is 2.48. The standard InChI is InChI=1S/C17H22N2O2/c1-4-11-21-14-7-5-13(6-8-14)16-10-9-15(18)17(20)19(16)12(2)3/h5-10,12H,4,11,18H2,1-3H3. The van der Waals surface area contributed by atoms with Gasteiger partial charge < -0.3 is 15.0 Å². The van der Waals surface area contributed by atoms with E-state index in [1.165, 1.54) is 0 Å². The van der Waals surface area contributed by atoms with E-state index in [0.717, 1.165) is 23.4 Å². The minimum atomic E-state index is -0.145. The molecule has 0 aliphatic carbocycles. The van der Waals surface area contributed by atoms with Crippen molar-refractivity contribution >= 4 is 5.69 Å². The van der Waals surface area contributed by atoms with E-state index in [0.29, 0.717) is 6.61 Å². The predicted molar refractivity (Wildman–Crippen MR) is 86.7 cm³/mol. The second-order valence-corrected chi connectivity index (χ2v) is 5.32. The fraction of sp³-hybridized carbons (Fsp3) is 0.353. The van der Waals surface area contributed by atoms with E-state index in [2.05, 4.69) is 6.92 Å². The maximum atomic E-state index is 12.2. The number of ether oxygens (including phenoxy) is 1. The molecule has 2 aromatic rings. The zero-order valence-electron chi connectivity index (χ0n) is 12.8. The van der Waals surface area contributed by atoms with Crippen LogP contribution in [0.2, 0.25) is 0 Å². The van der Waals surface area contributed by atoms with E-state index in [4.69, 9.17) is 10.5 Å². The van der Waals surface area contributed by atoms with Gasteiger partial charge in [-0.2, -0.15) is 0 Å². The number of anilines is 1. The van der Waals surface area contributed by atoms with Crippen molar-refractivity contribution < 1.29 is 4.74 Å². The summed E-state index contributed by atoms with van der Waals surface area (Å²) in [5, 5.41) is 0. The van der Waals surface area contributed by atoms with Gasteiger partial charge in [-0.15, -0.1) is 0 Å². The average molecular weight is 286 g/mol. The molecule has 0 atom stereocenters. The number of hydrogen-bond acceptors (Lipinski definition) is 3. The van der Waals surface area contributed by atoms with Gasteiger partial charge in [-0.3, -0.25) is 4.79 Å². The Morgan fingerprint density at radius 2 is 1.81 bits per heavy atom. The van der Waals surface area contributed by atoms with Crippen LogP contribution in [0.5, 0.6) is 5.75 Å². The largest absolute Gasteiger partial charge is 0.494 e. The molecule has 112 valence electrons. The molecule has 0 spiro atoms. The van der Waals surface area contributed by atoms with Gasteiger partial charge in [0.2, 0.25) is 0 Å². The molecule has 1 aromatic carbocycles. The lowest BCUT2D eigenvalue weighted by Gasteiger charge is -2.17. The van der Waals surface area contributed by atoms with Crippen LogP contribution in [-0.2, 0) is 0 Å². The molecule has 2 N–H and O–H groups in total. The number of nitrogens with zero attached hydrogens (tertiary/aromatic N) is 1. The molecule has 0 amide bonds. The van der Waals surface area contributed by atoms with Crippen molar-refractivity contribution in [2.75, 3.05) is 12.3 Å². The smallest absolute Gasteiger partial charge is 0.274 e. The molecular formula is C17H22N2O2. The highest BCUT2D eigenvalue weighted by Gasteiger charge is 2.11. The number of rotatable bonds is 5. The molecule has 0 radical (unpaired) electrons. The molecular weight excluding hydrogens is 264 g/mol. The lowest BCUT2D eigenvalue weighted by atomic mass is 10.1. The fourth-order valence-electron chi connectivity index (χ4n) is 2.26. The summed E-state index contributed by atoms with van der Waals surface area (Å²) >= 11 is 0. The maximum absolute atomic E-state index is 12.2. The van der Waals surface area contributed by atoms with E-state index in [1.807, 2.05) is 44.2 Å². The van der Waals surface area contributed by atoms with Crippen molar-refractivity contribution in [2.24, 2.45) is 0 Å². The number of nitrogen functional groups attached to an aromatic ring is 1.